The molecule has 0 spiro atoms. The predicted molar refractivity (Wildman–Crippen MR) is 112 cm³/mol. The molecular weight excluding hydrogens is 445 g/mol. The van der Waals surface area contributed by atoms with Crippen LogP contribution in [0.4, 0.5) is 18.9 Å². The van der Waals surface area contributed by atoms with Crippen molar-refractivity contribution in [3.05, 3.63) is 46.8 Å². The quantitative estimate of drug-likeness (QED) is 0.456. The molecule has 1 aromatic heterocycles. The summed E-state index contributed by atoms with van der Waals surface area (Å²) in [5, 5.41) is 2.99. The van der Waals surface area contributed by atoms with E-state index in [1.165, 1.54) is 7.11 Å². The average Bonchev–Trinajstić information content (AvgIpc) is 3.09. The molecule has 0 atom stereocenters. The van der Waals surface area contributed by atoms with Gasteiger partial charge < -0.3 is 24.5 Å². The summed E-state index contributed by atoms with van der Waals surface area (Å²) in [4.78, 5) is 39.2. The number of alkyl halides is 3. The van der Waals surface area contributed by atoms with Crippen molar-refractivity contribution in [1.29, 1.82) is 0 Å². The van der Waals surface area contributed by atoms with Crippen LogP contribution in [0.15, 0.2) is 24.3 Å². The highest BCUT2D eigenvalue weighted by molar-refractivity contribution is 6.03. The summed E-state index contributed by atoms with van der Waals surface area (Å²) in [6, 6.07) is 6.72. The molecule has 11 heteroatoms. The number of anilines is 1. The molecule has 0 aliphatic heterocycles. The van der Waals surface area contributed by atoms with Gasteiger partial charge in [-0.05, 0) is 57.0 Å². The molecule has 2 rings (SSSR count). The molecule has 1 aromatic carbocycles. The van der Waals surface area contributed by atoms with Crippen LogP contribution < -0.4 is 10.1 Å². The highest BCUT2D eigenvalue weighted by atomic mass is 19.4. The Morgan fingerprint density at radius 2 is 1.64 bits per heavy atom. The number of benzene rings is 1. The Bertz CT molecular complexity index is 1020. The van der Waals surface area contributed by atoms with Crippen molar-refractivity contribution in [3.8, 4) is 5.75 Å². The van der Waals surface area contributed by atoms with Gasteiger partial charge in [-0.1, -0.05) is 6.92 Å². The normalized spacial score (nSPS) is 11.6. The van der Waals surface area contributed by atoms with E-state index in [-0.39, 0.29) is 35.5 Å². The van der Waals surface area contributed by atoms with Crippen molar-refractivity contribution in [2.24, 2.45) is 0 Å². The molecular formula is C22H25F3N2O6. The standard InChI is InChI=1S/C22H25F3N2O6/c1-6-14-16(18(28)32-20(30)22(23,24)25)15(27-17(14)19(29)33-21(2,3)4)11-26-12-7-9-13(31-5)10-8-12/h7-10,26-27H,6,11H2,1-5H3. The van der Waals surface area contributed by atoms with Gasteiger partial charge in [-0.2, -0.15) is 13.2 Å². The highest BCUT2D eigenvalue weighted by Gasteiger charge is 2.43. The third-order valence-electron chi connectivity index (χ3n) is 4.32. The lowest BCUT2D eigenvalue weighted by molar-refractivity contribution is -0.193. The fourth-order valence-electron chi connectivity index (χ4n) is 2.92. The van der Waals surface area contributed by atoms with Crippen LogP contribution in [0, 0.1) is 0 Å². The van der Waals surface area contributed by atoms with E-state index in [1.807, 2.05) is 0 Å². The molecule has 1 heterocycles. The third kappa shape index (κ3) is 6.74. The Kier molecular flexibility index (Phi) is 7.78. The molecule has 8 nitrogen and oxygen atoms in total. The Hall–Kier alpha value is -3.50. The minimum Gasteiger partial charge on any atom is -0.497 e. The summed E-state index contributed by atoms with van der Waals surface area (Å²) in [6.07, 6.45) is -5.27. The zero-order valence-electron chi connectivity index (χ0n) is 18.8. The number of hydrogen-bond acceptors (Lipinski definition) is 7. The van der Waals surface area contributed by atoms with E-state index in [2.05, 4.69) is 15.0 Å². The number of nitrogens with one attached hydrogen (secondary N) is 2. The van der Waals surface area contributed by atoms with Crippen LogP contribution in [0.5, 0.6) is 5.75 Å². The number of methoxy groups -OCH3 is 1. The smallest absolute Gasteiger partial charge is 0.491 e. The van der Waals surface area contributed by atoms with Gasteiger partial charge in [-0.15, -0.1) is 0 Å². The van der Waals surface area contributed by atoms with E-state index in [9.17, 15) is 27.6 Å². The number of carbonyl (C=O) groups is 3. The van der Waals surface area contributed by atoms with Crippen LogP contribution in [0.2, 0.25) is 0 Å². The van der Waals surface area contributed by atoms with Crippen molar-refractivity contribution in [1.82, 2.24) is 4.98 Å². The molecule has 0 saturated heterocycles. The summed E-state index contributed by atoms with van der Waals surface area (Å²) in [7, 11) is 1.51. The summed E-state index contributed by atoms with van der Waals surface area (Å²) in [5.74, 6) is -4.36. The number of ether oxygens (including phenoxy) is 3. The number of H-pyrrole nitrogens is 1. The van der Waals surface area contributed by atoms with Gasteiger partial charge in [-0.25, -0.2) is 14.4 Å². The fourth-order valence-corrected chi connectivity index (χ4v) is 2.92. The number of esters is 3. The van der Waals surface area contributed by atoms with Gasteiger partial charge in [0, 0.05) is 11.4 Å². The first-order chi connectivity index (χ1) is 15.3. The maximum atomic E-state index is 12.7. The summed E-state index contributed by atoms with van der Waals surface area (Å²) in [5.41, 5.74) is -0.559. The van der Waals surface area contributed by atoms with Crippen molar-refractivity contribution >= 4 is 23.6 Å². The molecule has 0 unspecified atom stereocenters. The van der Waals surface area contributed by atoms with Gasteiger partial charge in [-0.3, -0.25) is 0 Å². The topological polar surface area (TPSA) is 107 Å². The van der Waals surface area contributed by atoms with Crippen molar-refractivity contribution in [2.75, 3.05) is 12.4 Å². The van der Waals surface area contributed by atoms with Gasteiger partial charge in [0.05, 0.1) is 19.2 Å². The van der Waals surface area contributed by atoms with Gasteiger partial charge in [0.2, 0.25) is 0 Å². The fraction of sp³-hybridized carbons (Fsp3) is 0.409. The number of rotatable bonds is 7. The molecule has 0 radical (unpaired) electrons. The van der Waals surface area contributed by atoms with E-state index in [4.69, 9.17) is 9.47 Å². The van der Waals surface area contributed by atoms with Crippen LogP contribution in [0.1, 0.15) is 59.8 Å². The van der Waals surface area contributed by atoms with Crippen molar-refractivity contribution in [3.63, 3.8) is 0 Å². The molecule has 0 bridgehead atoms. The molecule has 180 valence electrons. The first-order valence-electron chi connectivity index (χ1n) is 9.95. The van der Waals surface area contributed by atoms with Crippen LogP contribution in [-0.2, 0) is 27.2 Å². The zero-order chi connectivity index (χ0) is 25.0. The number of halogens is 3. The van der Waals surface area contributed by atoms with Crippen molar-refractivity contribution in [2.45, 2.75) is 52.4 Å². The number of carbonyl (C=O) groups excluding carboxylic acids is 3. The van der Waals surface area contributed by atoms with Crippen LogP contribution in [-0.4, -0.2) is 41.8 Å². The molecule has 0 fully saturated rings. The second kappa shape index (κ2) is 9.97. The van der Waals surface area contributed by atoms with Crippen LogP contribution >= 0.6 is 0 Å². The third-order valence-corrected chi connectivity index (χ3v) is 4.32. The largest absolute Gasteiger partial charge is 0.497 e. The molecule has 0 aliphatic rings. The first-order valence-corrected chi connectivity index (χ1v) is 9.95. The molecule has 0 amide bonds. The minimum atomic E-state index is -5.35. The maximum Gasteiger partial charge on any atom is 0.491 e. The van der Waals surface area contributed by atoms with Gasteiger partial charge >= 0.3 is 24.1 Å². The lowest BCUT2D eigenvalue weighted by atomic mass is 10.1. The van der Waals surface area contributed by atoms with Crippen LogP contribution in [0.3, 0.4) is 0 Å². The summed E-state index contributed by atoms with van der Waals surface area (Å²) < 4.78 is 52.3. The number of aromatic nitrogens is 1. The number of aromatic amines is 1. The zero-order valence-corrected chi connectivity index (χ0v) is 18.8. The van der Waals surface area contributed by atoms with Crippen molar-refractivity contribution < 1.29 is 41.8 Å². The molecule has 33 heavy (non-hydrogen) atoms. The average molecular weight is 470 g/mol. The van der Waals surface area contributed by atoms with Gasteiger partial charge in [0.15, 0.2) is 0 Å². The van der Waals surface area contributed by atoms with Gasteiger partial charge in [0.25, 0.3) is 0 Å². The van der Waals surface area contributed by atoms with E-state index >= 15 is 0 Å². The van der Waals surface area contributed by atoms with E-state index in [1.54, 1.807) is 52.0 Å². The lowest BCUT2D eigenvalue weighted by Gasteiger charge is -2.19. The summed E-state index contributed by atoms with van der Waals surface area (Å²) >= 11 is 0. The molecule has 2 N–H and O–H groups in total. The van der Waals surface area contributed by atoms with E-state index in [0.29, 0.717) is 11.4 Å². The van der Waals surface area contributed by atoms with Crippen LogP contribution in [0.25, 0.3) is 0 Å². The Morgan fingerprint density at radius 1 is 1.03 bits per heavy atom. The Balaban J connectivity index is 2.44. The monoisotopic (exact) mass is 470 g/mol. The summed E-state index contributed by atoms with van der Waals surface area (Å²) in [6.45, 7) is 6.43. The minimum absolute atomic E-state index is 0.0588. The molecule has 0 aliphatic carbocycles. The SMILES string of the molecule is CCc1c(C(=O)OC(C)(C)C)[nH]c(CNc2ccc(OC)cc2)c1C(=O)OC(=O)C(F)(F)F. The van der Waals surface area contributed by atoms with E-state index in [0.717, 1.165) is 0 Å². The second-order valence-electron chi connectivity index (χ2n) is 7.94. The molecule has 2 aromatic rings. The second-order valence-corrected chi connectivity index (χ2v) is 7.94. The Labute approximate surface area is 188 Å². The predicted octanol–water partition coefficient (Wildman–Crippen LogP) is 4.40. The first kappa shape index (κ1) is 25.8. The molecule has 0 saturated carbocycles. The maximum absolute atomic E-state index is 12.7. The number of hydrogen-bond donors (Lipinski definition) is 2. The Morgan fingerprint density at radius 3 is 2.12 bits per heavy atom. The highest BCUT2D eigenvalue weighted by Crippen LogP contribution is 2.26. The van der Waals surface area contributed by atoms with Gasteiger partial charge in [0.1, 0.15) is 17.0 Å². The van der Waals surface area contributed by atoms with E-state index < -0.39 is 29.7 Å². The lowest BCUT2D eigenvalue weighted by Crippen LogP contribution is -2.28.